The maximum atomic E-state index is 9.97. The third kappa shape index (κ3) is 4.11. The van der Waals surface area contributed by atoms with Crippen LogP contribution in [-0.2, 0) is 0 Å². The van der Waals surface area contributed by atoms with Crippen LogP contribution in [-0.4, -0.2) is 37.7 Å². The quantitative estimate of drug-likeness (QED) is 0.529. The van der Waals surface area contributed by atoms with Crippen molar-refractivity contribution in [2.45, 2.75) is 13.8 Å². The standard InChI is InChI=1S/C17H18N6O2/c1-3-25-14-5-4-13(15(24)6-14)9-20-22-16-7-17(19-11-18-16)23-10-12(2)8-21-23/h4-11,24H,3H2,1-2H3,(H,18,19,22)/b20-9-. The van der Waals surface area contributed by atoms with Crippen LogP contribution in [0.25, 0.3) is 5.82 Å². The van der Waals surface area contributed by atoms with Gasteiger partial charge in [0.15, 0.2) is 11.6 Å². The van der Waals surface area contributed by atoms with Crippen LogP contribution in [0.3, 0.4) is 0 Å². The molecular formula is C17H18N6O2. The Labute approximate surface area is 144 Å². The first-order valence-corrected chi connectivity index (χ1v) is 7.74. The van der Waals surface area contributed by atoms with Crippen molar-refractivity contribution in [2.75, 3.05) is 12.0 Å². The molecule has 0 radical (unpaired) electrons. The number of rotatable bonds is 6. The number of hydrazone groups is 1. The lowest BCUT2D eigenvalue weighted by Crippen LogP contribution is -2.01. The Bertz CT molecular complexity index is 890. The van der Waals surface area contributed by atoms with Gasteiger partial charge in [0.1, 0.15) is 17.8 Å². The van der Waals surface area contributed by atoms with E-state index in [4.69, 9.17) is 4.74 Å². The molecule has 0 unspecified atom stereocenters. The Morgan fingerprint density at radius 2 is 2.20 bits per heavy atom. The molecule has 0 saturated carbocycles. The lowest BCUT2D eigenvalue weighted by molar-refractivity contribution is 0.337. The highest BCUT2D eigenvalue weighted by Gasteiger charge is 2.03. The number of anilines is 1. The van der Waals surface area contributed by atoms with Crippen LogP contribution in [0.5, 0.6) is 11.5 Å². The lowest BCUT2D eigenvalue weighted by Gasteiger charge is -2.05. The monoisotopic (exact) mass is 338 g/mol. The van der Waals surface area contributed by atoms with E-state index in [2.05, 4.69) is 25.6 Å². The van der Waals surface area contributed by atoms with Gasteiger partial charge in [-0.15, -0.1) is 0 Å². The molecule has 8 heteroatoms. The van der Waals surface area contributed by atoms with Crippen LogP contribution in [0, 0.1) is 6.92 Å². The first kappa shape index (κ1) is 16.4. The van der Waals surface area contributed by atoms with Crippen LogP contribution >= 0.6 is 0 Å². The number of nitrogens with one attached hydrogen (secondary N) is 1. The number of ether oxygens (including phenoxy) is 1. The fourth-order valence-corrected chi connectivity index (χ4v) is 2.13. The highest BCUT2D eigenvalue weighted by Crippen LogP contribution is 2.22. The molecule has 0 aliphatic rings. The normalized spacial score (nSPS) is 11.0. The molecule has 0 aliphatic carbocycles. The number of aromatic nitrogens is 4. The molecule has 1 aromatic carbocycles. The van der Waals surface area contributed by atoms with E-state index in [1.807, 2.05) is 20.0 Å². The van der Waals surface area contributed by atoms with E-state index in [1.54, 1.807) is 35.1 Å². The number of hydrogen-bond donors (Lipinski definition) is 2. The smallest absolute Gasteiger partial charge is 0.158 e. The van der Waals surface area contributed by atoms with Crippen LogP contribution in [0.2, 0.25) is 0 Å². The van der Waals surface area contributed by atoms with Gasteiger partial charge in [0.05, 0.1) is 19.0 Å². The molecule has 0 atom stereocenters. The van der Waals surface area contributed by atoms with E-state index >= 15 is 0 Å². The summed E-state index contributed by atoms with van der Waals surface area (Å²) in [4.78, 5) is 8.28. The molecule has 0 bridgehead atoms. The Hall–Kier alpha value is -3.42. The highest BCUT2D eigenvalue weighted by atomic mass is 16.5. The van der Waals surface area contributed by atoms with E-state index in [1.165, 1.54) is 12.5 Å². The number of phenolic OH excluding ortho intramolecular Hbond substituents is 1. The highest BCUT2D eigenvalue weighted by molar-refractivity contribution is 5.84. The van der Waals surface area contributed by atoms with E-state index in [0.29, 0.717) is 29.6 Å². The summed E-state index contributed by atoms with van der Waals surface area (Å²) in [5.41, 5.74) is 4.41. The van der Waals surface area contributed by atoms with Gasteiger partial charge >= 0.3 is 0 Å². The summed E-state index contributed by atoms with van der Waals surface area (Å²) in [6, 6.07) is 6.77. The van der Waals surface area contributed by atoms with Gasteiger partial charge in [0, 0.05) is 23.9 Å². The summed E-state index contributed by atoms with van der Waals surface area (Å²) in [5.74, 6) is 1.84. The van der Waals surface area contributed by atoms with Gasteiger partial charge in [-0.3, -0.25) is 5.43 Å². The second kappa shape index (κ2) is 7.43. The third-order valence-corrected chi connectivity index (χ3v) is 3.29. The minimum absolute atomic E-state index is 0.0897. The largest absolute Gasteiger partial charge is 0.507 e. The van der Waals surface area contributed by atoms with E-state index in [0.717, 1.165) is 5.56 Å². The number of nitrogens with zero attached hydrogens (tertiary/aromatic N) is 5. The number of benzene rings is 1. The summed E-state index contributed by atoms with van der Waals surface area (Å²) >= 11 is 0. The summed E-state index contributed by atoms with van der Waals surface area (Å²) < 4.78 is 6.98. The predicted molar refractivity (Wildman–Crippen MR) is 94.4 cm³/mol. The van der Waals surface area contributed by atoms with Gasteiger partial charge < -0.3 is 9.84 Å². The number of aryl methyl sites for hydroxylation is 1. The maximum absolute atomic E-state index is 9.97. The van der Waals surface area contributed by atoms with Crippen molar-refractivity contribution in [1.82, 2.24) is 19.7 Å². The molecule has 0 fully saturated rings. The number of aromatic hydroxyl groups is 1. The van der Waals surface area contributed by atoms with Crippen molar-refractivity contribution in [1.29, 1.82) is 0 Å². The van der Waals surface area contributed by atoms with Crippen LogP contribution in [0.1, 0.15) is 18.1 Å². The molecule has 3 rings (SSSR count). The van der Waals surface area contributed by atoms with Crippen LogP contribution in [0.4, 0.5) is 5.82 Å². The van der Waals surface area contributed by atoms with E-state index < -0.39 is 0 Å². The van der Waals surface area contributed by atoms with Crippen molar-refractivity contribution >= 4 is 12.0 Å². The van der Waals surface area contributed by atoms with Gasteiger partial charge in [-0.2, -0.15) is 10.2 Å². The molecule has 128 valence electrons. The summed E-state index contributed by atoms with van der Waals surface area (Å²) in [5, 5.41) is 18.3. The number of hydrogen-bond acceptors (Lipinski definition) is 7. The van der Waals surface area contributed by atoms with Crippen molar-refractivity contribution < 1.29 is 9.84 Å². The minimum atomic E-state index is 0.0897. The van der Waals surface area contributed by atoms with Crippen molar-refractivity contribution in [2.24, 2.45) is 5.10 Å². The summed E-state index contributed by atoms with van der Waals surface area (Å²) in [7, 11) is 0. The fourth-order valence-electron chi connectivity index (χ4n) is 2.13. The van der Waals surface area contributed by atoms with Crippen LogP contribution in [0.15, 0.2) is 48.1 Å². The Balaban J connectivity index is 1.70. The topological polar surface area (TPSA) is 97.5 Å². The summed E-state index contributed by atoms with van der Waals surface area (Å²) in [6.07, 6.45) is 6.55. The van der Waals surface area contributed by atoms with Gasteiger partial charge in [0.2, 0.25) is 0 Å². The van der Waals surface area contributed by atoms with Gasteiger partial charge in [-0.25, -0.2) is 14.6 Å². The first-order chi connectivity index (χ1) is 12.2. The third-order valence-electron chi connectivity index (χ3n) is 3.29. The molecule has 25 heavy (non-hydrogen) atoms. The molecule has 2 aromatic heterocycles. The Kier molecular flexibility index (Phi) is 4.89. The van der Waals surface area contributed by atoms with Crippen molar-refractivity contribution in [3.05, 3.63) is 54.1 Å². The molecule has 8 nitrogen and oxygen atoms in total. The molecule has 0 aliphatic heterocycles. The van der Waals surface area contributed by atoms with E-state index in [9.17, 15) is 5.11 Å². The second-order valence-corrected chi connectivity index (χ2v) is 5.25. The Morgan fingerprint density at radius 3 is 2.92 bits per heavy atom. The lowest BCUT2D eigenvalue weighted by atomic mass is 10.2. The zero-order valence-electron chi connectivity index (χ0n) is 13.9. The second-order valence-electron chi connectivity index (χ2n) is 5.25. The van der Waals surface area contributed by atoms with Crippen molar-refractivity contribution in [3.8, 4) is 17.3 Å². The molecule has 3 aromatic rings. The Morgan fingerprint density at radius 1 is 1.32 bits per heavy atom. The van der Waals surface area contributed by atoms with Crippen LogP contribution < -0.4 is 10.2 Å². The molecular weight excluding hydrogens is 320 g/mol. The predicted octanol–water partition coefficient (Wildman–Crippen LogP) is 2.52. The molecule has 0 spiro atoms. The minimum Gasteiger partial charge on any atom is -0.507 e. The molecule has 2 heterocycles. The molecule has 2 N–H and O–H groups in total. The van der Waals surface area contributed by atoms with Gasteiger partial charge in [0.25, 0.3) is 0 Å². The number of phenols is 1. The first-order valence-electron chi connectivity index (χ1n) is 7.74. The van der Waals surface area contributed by atoms with Gasteiger partial charge in [-0.1, -0.05) is 0 Å². The zero-order valence-corrected chi connectivity index (χ0v) is 13.9. The maximum Gasteiger partial charge on any atom is 0.158 e. The van der Waals surface area contributed by atoms with Gasteiger partial charge in [-0.05, 0) is 31.5 Å². The SMILES string of the molecule is CCOc1ccc(/C=N\Nc2cc(-n3cc(C)cn3)ncn2)c(O)c1. The average Bonchev–Trinajstić information content (AvgIpc) is 3.04. The summed E-state index contributed by atoms with van der Waals surface area (Å²) in [6.45, 7) is 4.38. The molecule has 0 saturated heterocycles. The van der Waals surface area contributed by atoms with E-state index in [-0.39, 0.29) is 5.75 Å². The average molecular weight is 338 g/mol. The van der Waals surface area contributed by atoms with Crippen molar-refractivity contribution in [3.63, 3.8) is 0 Å². The zero-order chi connectivity index (χ0) is 17.6. The molecule has 0 amide bonds. The fraction of sp³-hybridized carbons (Fsp3) is 0.176.